The Morgan fingerprint density at radius 3 is 2.67 bits per heavy atom. The van der Waals surface area contributed by atoms with Gasteiger partial charge in [-0.3, -0.25) is 4.79 Å². The molecule has 8 heteroatoms. The Hall–Kier alpha value is -1.68. The molecule has 2 aromatic rings. The highest BCUT2D eigenvalue weighted by Crippen LogP contribution is 2.21. The molecule has 1 aliphatic rings. The Balaban J connectivity index is 0.00000261. The first-order valence-electron chi connectivity index (χ1n) is 9.06. The molecule has 0 aliphatic carbocycles. The van der Waals surface area contributed by atoms with Crippen LogP contribution in [0, 0.1) is 0 Å². The third kappa shape index (κ3) is 6.46. The molecule has 1 aromatic carbocycles. The number of hydrogen-bond donors (Lipinski definition) is 2. The van der Waals surface area contributed by atoms with Gasteiger partial charge in [0.25, 0.3) is 0 Å². The lowest BCUT2D eigenvalue weighted by molar-refractivity contribution is -0.128. The molecule has 2 N–H and O–H groups in total. The number of likely N-dealkylation sites (tertiary alicyclic amines) is 1. The summed E-state index contributed by atoms with van der Waals surface area (Å²) in [6, 6.07) is 10.1. The van der Waals surface area contributed by atoms with Crippen molar-refractivity contribution in [3.05, 3.63) is 40.7 Å². The Kier molecular flexibility index (Phi) is 8.99. The Morgan fingerprint density at radius 2 is 1.96 bits per heavy atom. The summed E-state index contributed by atoms with van der Waals surface area (Å²) in [5.74, 6) is 0.747. The first kappa shape index (κ1) is 21.6. The van der Waals surface area contributed by atoms with Crippen LogP contribution in [0.2, 0.25) is 0 Å². The lowest BCUT2D eigenvalue weighted by atomic mass is 10.2. The van der Waals surface area contributed by atoms with Gasteiger partial charge in [0.05, 0.1) is 12.2 Å². The van der Waals surface area contributed by atoms with Crippen LogP contribution in [0.1, 0.15) is 24.8 Å². The molecule has 1 aromatic heterocycles. The maximum absolute atomic E-state index is 12.1. The second kappa shape index (κ2) is 11.2. The molecule has 0 bridgehead atoms. The highest BCUT2D eigenvalue weighted by Gasteiger charge is 2.17. The van der Waals surface area contributed by atoms with E-state index < -0.39 is 0 Å². The SMILES string of the molecule is CCNC(=NCC(=O)N1CCCC1)NCc1nc(-c2ccccc2)cs1.I. The first-order valence-corrected chi connectivity index (χ1v) is 9.94. The van der Waals surface area contributed by atoms with Gasteiger partial charge in [-0.1, -0.05) is 30.3 Å². The largest absolute Gasteiger partial charge is 0.357 e. The maximum atomic E-state index is 12.1. The molecule has 0 unspecified atom stereocenters. The van der Waals surface area contributed by atoms with Crippen LogP contribution in [0.4, 0.5) is 0 Å². The van der Waals surface area contributed by atoms with Crippen LogP contribution >= 0.6 is 35.3 Å². The number of nitrogens with one attached hydrogen (secondary N) is 2. The van der Waals surface area contributed by atoms with Gasteiger partial charge in [-0.2, -0.15) is 0 Å². The second-order valence-electron chi connectivity index (χ2n) is 6.13. The van der Waals surface area contributed by atoms with Gasteiger partial charge in [0.15, 0.2) is 5.96 Å². The minimum absolute atomic E-state index is 0. The summed E-state index contributed by atoms with van der Waals surface area (Å²) in [5, 5.41) is 9.50. The fourth-order valence-corrected chi connectivity index (χ4v) is 3.59. The number of nitrogens with zero attached hydrogens (tertiary/aromatic N) is 3. The van der Waals surface area contributed by atoms with E-state index in [4.69, 9.17) is 0 Å². The van der Waals surface area contributed by atoms with E-state index in [0.717, 1.165) is 48.7 Å². The average molecular weight is 499 g/mol. The zero-order valence-electron chi connectivity index (χ0n) is 15.5. The number of carbonyl (C=O) groups is 1. The molecule has 6 nitrogen and oxygen atoms in total. The fraction of sp³-hybridized carbons (Fsp3) is 0.421. The average Bonchev–Trinajstić information content (AvgIpc) is 3.36. The van der Waals surface area contributed by atoms with Crippen molar-refractivity contribution >= 4 is 47.2 Å². The topological polar surface area (TPSA) is 69.6 Å². The standard InChI is InChI=1S/C19H25N5OS.HI/c1-2-20-19(22-13-18(25)24-10-6-7-11-24)21-12-17-23-16(14-26-17)15-8-4-3-5-9-15;/h3-5,8-9,14H,2,6-7,10-13H2,1H3,(H2,20,21,22);1H. The van der Waals surface area contributed by atoms with Gasteiger partial charge in [0, 0.05) is 30.6 Å². The van der Waals surface area contributed by atoms with Gasteiger partial charge < -0.3 is 15.5 Å². The summed E-state index contributed by atoms with van der Waals surface area (Å²) < 4.78 is 0. The molecule has 0 atom stereocenters. The van der Waals surface area contributed by atoms with Crippen LogP contribution < -0.4 is 10.6 Å². The number of hydrogen-bond acceptors (Lipinski definition) is 4. The summed E-state index contributed by atoms with van der Waals surface area (Å²) in [6.45, 7) is 5.25. The van der Waals surface area contributed by atoms with Crippen molar-refractivity contribution in [2.45, 2.75) is 26.3 Å². The third-order valence-corrected chi connectivity index (χ3v) is 5.05. The van der Waals surface area contributed by atoms with E-state index in [1.165, 1.54) is 0 Å². The number of thiazole rings is 1. The van der Waals surface area contributed by atoms with Crippen molar-refractivity contribution in [3.8, 4) is 11.3 Å². The molecular weight excluding hydrogens is 473 g/mol. The molecule has 1 aliphatic heterocycles. The van der Waals surface area contributed by atoms with Gasteiger partial charge in [0.2, 0.25) is 5.91 Å². The van der Waals surface area contributed by atoms with Crippen LogP contribution in [0.15, 0.2) is 40.7 Å². The minimum atomic E-state index is 0. The van der Waals surface area contributed by atoms with Crippen molar-refractivity contribution < 1.29 is 4.79 Å². The molecular formula is C19H26IN5OS. The highest BCUT2D eigenvalue weighted by molar-refractivity contribution is 14.0. The number of halogens is 1. The van der Waals surface area contributed by atoms with E-state index in [1.54, 1.807) is 11.3 Å². The Bertz CT molecular complexity index is 744. The van der Waals surface area contributed by atoms with Gasteiger partial charge in [0.1, 0.15) is 11.6 Å². The Morgan fingerprint density at radius 1 is 1.22 bits per heavy atom. The Labute approximate surface area is 181 Å². The third-order valence-electron chi connectivity index (χ3n) is 4.20. The molecule has 3 rings (SSSR count). The summed E-state index contributed by atoms with van der Waals surface area (Å²) in [7, 11) is 0. The van der Waals surface area contributed by atoms with Crippen molar-refractivity contribution in [1.29, 1.82) is 0 Å². The van der Waals surface area contributed by atoms with Crippen LogP contribution in [0.5, 0.6) is 0 Å². The van der Waals surface area contributed by atoms with Crippen LogP contribution in [-0.4, -0.2) is 47.9 Å². The lowest BCUT2D eigenvalue weighted by Crippen LogP contribution is -2.38. The predicted molar refractivity (Wildman–Crippen MR) is 122 cm³/mol. The molecule has 1 amide bonds. The van der Waals surface area contributed by atoms with Crippen molar-refractivity contribution in [2.24, 2.45) is 4.99 Å². The summed E-state index contributed by atoms with van der Waals surface area (Å²) in [5.41, 5.74) is 2.10. The quantitative estimate of drug-likeness (QED) is 0.364. The van der Waals surface area contributed by atoms with Crippen molar-refractivity contribution in [1.82, 2.24) is 20.5 Å². The molecule has 27 heavy (non-hydrogen) atoms. The van der Waals surface area contributed by atoms with E-state index in [2.05, 4.69) is 38.1 Å². The number of rotatable bonds is 6. The van der Waals surface area contributed by atoms with Crippen molar-refractivity contribution in [3.63, 3.8) is 0 Å². The fourth-order valence-electron chi connectivity index (χ4n) is 2.85. The zero-order valence-corrected chi connectivity index (χ0v) is 18.6. The highest BCUT2D eigenvalue weighted by atomic mass is 127. The zero-order chi connectivity index (χ0) is 18.2. The first-order chi connectivity index (χ1) is 12.8. The van der Waals surface area contributed by atoms with Gasteiger partial charge in [-0.25, -0.2) is 9.98 Å². The van der Waals surface area contributed by atoms with Gasteiger partial charge in [-0.05, 0) is 19.8 Å². The van der Waals surface area contributed by atoms with Crippen molar-refractivity contribution in [2.75, 3.05) is 26.2 Å². The molecule has 2 heterocycles. The van der Waals surface area contributed by atoms with E-state index >= 15 is 0 Å². The number of benzene rings is 1. The number of carbonyl (C=O) groups excluding carboxylic acids is 1. The molecule has 146 valence electrons. The number of aromatic nitrogens is 1. The lowest BCUT2D eigenvalue weighted by Gasteiger charge is -2.14. The summed E-state index contributed by atoms with van der Waals surface area (Å²) in [4.78, 5) is 23.1. The predicted octanol–water partition coefficient (Wildman–Crippen LogP) is 3.11. The van der Waals surface area contributed by atoms with Crippen LogP contribution in [0.3, 0.4) is 0 Å². The van der Waals surface area contributed by atoms with Gasteiger partial charge in [-0.15, -0.1) is 35.3 Å². The summed E-state index contributed by atoms with van der Waals surface area (Å²) >= 11 is 1.62. The molecule has 1 saturated heterocycles. The summed E-state index contributed by atoms with van der Waals surface area (Å²) in [6.07, 6.45) is 2.20. The molecule has 0 radical (unpaired) electrons. The monoisotopic (exact) mass is 499 g/mol. The molecule has 0 spiro atoms. The normalized spacial score (nSPS) is 14.0. The minimum Gasteiger partial charge on any atom is -0.357 e. The number of amides is 1. The van der Waals surface area contributed by atoms with E-state index in [1.807, 2.05) is 30.0 Å². The van der Waals surface area contributed by atoms with Crippen LogP contribution in [-0.2, 0) is 11.3 Å². The maximum Gasteiger partial charge on any atom is 0.244 e. The molecule has 1 fully saturated rings. The van der Waals surface area contributed by atoms with Gasteiger partial charge >= 0.3 is 0 Å². The van der Waals surface area contributed by atoms with Crippen LogP contribution in [0.25, 0.3) is 11.3 Å². The van der Waals surface area contributed by atoms with E-state index in [9.17, 15) is 4.79 Å². The number of aliphatic imine (C=N–C) groups is 1. The number of guanidine groups is 1. The molecule has 0 saturated carbocycles. The van der Waals surface area contributed by atoms with E-state index in [-0.39, 0.29) is 36.4 Å². The smallest absolute Gasteiger partial charge is 0.244 e. The van der Waals surface area contributed by atoms with E-state index in [0.29, 0.717) is 12.5 Å². The second-order valence-corrected chi connectivity index (χ2v) is 7.07.